The van der Waals surface area contributed by atoms with E-state index in [-0.39, 0.29) is 11.5 Å². The maximum Gasteiger partial charge on any atom is 0.0461 e. The minimum atomic E-state index is 0.164. The molecule has 1 fully saturated rings. The van der Waals surface area contributed by atoms with E-state index in [0.717, 1.165) is 6.54 Å². The molecule has 72 valence electrons. The third-order valence-electron chi connectivity index (χ3n) is 3.14. The summed E-state index contributed by atoms with van der Waals surface area (Å²) in [5, 5.41) is 2.11. The molecule has 0 spiro atoms. The lowest BCUT2D eigenvalue weighted by molar-refractivity contribution is 0.423. The summed E-state index contributed by atoms with van der Waals surface area (Å²) < 4.78 is 0. The highest BCUT2D eigenvalue weighted by Gasteiger charge is 2.47. The van der Waals surface area contributed by atoms with Gasteiger partial charge in [0.25, 0.3) is 0 Å². The van der Waals surface area contributed by atoms with Gasteiger partial charge < -0.3 is 11.5 Å². The Balaban J connectivity index is 2.22. The van der Waals surface area contributed by atoms with Crippen LogP contribution in [0.2, 0.25) is 0 Å². The summed E-state index contributed by atoms with van der Waals surface area (Å²) in [6.45, 7) is 2.85. The van der Waals surface area contributed by atoms with Gasteiger partial charge in [-0.25, -0.2) is 0 Å². The van der Waals surface area contributed by atoms with Gasteiger partial charge in [0.05, 0.1) is 0 Å². The van der Waals surface area contributed by atoms with Gasteiger partial charge in [0, 0.05) is 16.3 Å². The molecule has 0 bridgehead atoms. The van der Waals surface area contributed by atoms with Gasteiger partial charge in [-0.15, -0.1) is 11.3 Å². The summed E-state index contributed by atoms with van der Waals surface area (Å²) in [6, 6.07) is 2.30. The molecule has 0 amide bonds. The fourth-order valence-electron chi connectivity index (χ4n) is 1.78. The maximum atomic E-state index is 6.22. The highest BCUT2D eigenvalue weighted by Crippen LogP contribution is 2.54. The SMILES string of the molecule is Cc1ccsc1C(N)C1(CN)CC1. The van der Waals surface area contributed by atoms with Crippen molar-refractivity contribution in [1.29, 1.82) is 0 Å². The molecule has 1 aliphatic rings. The first-order valence-corrected chi connectivity index (χ1v) is 5.57. The summed E-state index contributed by atoms with van der Waals surface area (Å²) >= 11 is 1.76. The predicted molar refractivity (Wildman–Crippen MR) is 56.7 cm³/mol. The van der Waals surface area contributed by atoms with Gasteiger partial charge in [0.15, 0.2) is 0 Å². The lowest BCUT2D eigenvalue weighted by Gasteiger charge is -2.21. The van der Waals surface area contributed by atoms with Crippen LogP contribution in [0.1, 0.15) is 29.3 Å². The summed E-state index contributed by atoms with van der Waals surface area (Å²) in [7, 11) is 0. The van der Waals surface area contributed by atoms with Gasteiger partial charge in [0.1, 0.15) is 0 Å². The second kappa shape index (κ2) is 3.08. The molecule has 0 radical (unpaired) electrons. The zero-order valence-electron chi connectivity index (χ0n) is 7.92. The molecule has 1 aromatic rings. The van der Waals surface area contributed by atoms with Gasteiger partial charge in [-0.1, -0.05) is 0 Å². The van der Waals surface area contributed by atoms with Gasteiger partial charge in [-0.3, -0.25) is 0 Å². The normalized spacial score (nSPS) is 21.5. The van der Waals surface area contributed by atoms with E-state index in [0.29, 0.717) is 0 Å². The summed E-state index contributed by atoms with van der Waals surface area (Å²) in [6.07, 6.45) is 2.39. The largest absolute Gasteiger partial charge is 0.330 e. The molecule has 13 heavy (non-hydrogen) atoms. The van der Waals surface area contributed by atoms with E-state index in [1.807, 2.05) is 0 Å². The monoisotopic (exact) mass is 196 g/mol. The van der Waals surface area contributed by atoms with Crippen molar-refractivity contribution in [2.45, 2.75) is 25.8 Å². The van der Waals surface area contributed by atoms with E-state index in [1.165, 1.54) is 23.3 Å². The van der Waals surface area contributed by atoms with Crippen molar-refractivity contribution in [3.63, 3.8) is 0 Å². The second-order valence-electron chi connectivity index (χ2n) is 4.01. The van der Waals surface area contributed by atoms with E-state index < -0.39 is 0 Å². The van der Waals surface area contributed by atoms with Crippen LogP contribution in [-0.4, -0.2) is 6.54 Å². The molecule has 2 nitrogen and oxygen atoms in total. The van der Waals surface area contributed by atoms with E-state index in [9.17, 15) is 0 Å². The number of hydrogen-bond acceptors (Lipinski definition) is 3. The average molecular weight is 196 g/mol. The lowest BCUT2D eigenvalue weighted by atomic mass is 9.94. The first-order valence-electron chi connectivity index (χ1n) is 4.69. The smallest absolute Gasteiger partial charge is 0.0461 e. The van der Waals surface area contributed by atoms with Crippen molar-refractivity contribution in [2.24, 2.45) is 16.9 Å². The molecular formula is C10H16N2S. The Morgan fingerprint density at radius 1 is 1.62 bits per heavy atom. The van der Waals surface area contributed by atoms with Crippen LogP contribution < -0.4 is 11.5 Å². The fourth-order valence-corrected chi connectivity index (χ4v) is 2.85. The van der Waals surface area contributed by atoms with Crippen molar-refractivity contribution in [1.82, 2.24) is 0 Å². The zero-order valence-corrected chi connectivity index (χ0v) is 8.73. The van der Waals surface area contributed by atoms with E-state index in [4.69, 9.17) is 11.5 Å². The van der Waals surface area contributed by atoms with E-state index in [1.54, 1.807) is 11.3 Å². The van der Waals surface area contributed by atoms with Crippen LogP contribution in [0.5, 0.6) is 0 Å². The number of aryl methyl sites for hydroxylation is 1. The molecule has 1 heterocycles. The number of thiophene rings is 1. The Morgan fingerprint density at radius 2 is 2.31 bits per heavy atom. The first-order chi connectivity index (χ1) is 6.19. The zero-order chi connectivity index (χ0) is 9.47. The average Bonchev–Trinajstić information content (AvgIpc) is 2.83. The molecule has 0 aromatic carbocycles. The molecule has 0 aliphatic heterocycles. The van der Waals surface area contributed by atoms with Crippen molar-refractivity contribution in [3.8, 4) is 0 Å². The summed E-state index contributed by atoms with van der Waals surface area (Å²) in [5.41, 5.74) is 13.5. The fraction of sp³-hybridized carbons (Fsp3) is 0.600. The van der Waals surface area contributed by atoms with E-state index in [2.05, 4.69) is 18.4 Å². The molecule has 1 unspecified atom stereocenters. The van der Waals surface area contributed by atoms with Crippen LogP contribution in [0.4, 0.5) is 0 Å². The van der Waals surface area contributed by atoms with Crippen LogP contribution >= 0.6 is 11.3 Å². The van der Waals surface area contributed by atoms with Crippen molar-refractivity contribution < 1.29 is 0 Å². The lowest BCUT2D eigenvalue weighted by Crippen LogP contribution is -2.29. The van der Waals surface area contributed by atoms with Crippen LogP contribution in [0, 0.1) is 12.3 Å². The third-order valence-corrected chi connectivity index (χ3v) is 4.24. The van der Waals surface area contributed by atoms with E-state index >= 15 is 0 Å². The van der Waals surface area contributed by atoms with Crippen molar-refractivity contribution in [3.05, 3.63) is 21.9 Å². The number of nitrogens with two attached hydrogens (primary N) is 2. The Bertz CT molecular complexity index is 302. The van der Waals surface area contributed by atoms with Gasteiger partial charge in [-0.05, 0) is 43.3 Å². The van der Waals surface area contributed by atoms with Crippen LogP contribution in [-0.2, 0) is 0 Å². The molecule has 0 saturated heterocycles. The molecule has 2 rings (SSSR count). The third kappa shape index (κ3) is 1.41. The highest BCUT2D eigenvalue weighted by molar-refractivity contribution is 7.10. The maximum absolute atomic E-state index is 6.22. The topological polar surface area (TPSA) is 52.0 Å². The standard InChI is InChI=1S/C10H16N2S/c1-7-2-5-13-8(7)9(12)10(6-11)3-4-10/h2,5,9H,3-4,6,11-12H2,1H3. The molecule has 1 saturated carbocycles. The molecular weight excluding hydrogens is 180 g/mol. The van der Waals surface area contributed by atoms with Crippen LogP contribution in [0.3, 0.4) is 0 Å². The Labute approximate surface area is 82.9 Å². The molecule has 1 aliphatic carbocycles. The van der Waals surface area contributed by atoms with Gasteiger partial charge in [0.2, 0.25) is 0 Å². The number of rotatable bonds is 3. The van der Waals surface area contributed by atoms with Gasteiger partial charge >= 0.3 is 0 Å². The minimum absolute atomic E-state index is 0.164. The number of hydrogen-bond donors (Lipinski definition) is 2. The van der Waals surface area contributed by atoms with Crippen molar-refractivity contribution in [2.75, 3.05) is 6.54 Å². The van der Waals surface area contributed by atoms with Gasteiger partial charge in [-0.2, -0.15) is 0 Å². The highest BCUT2D eigenvalue weighted by atomic mass is 32.1. The Kier molecular flexibility index (Phi) is 2.18. The first kappa shape index (κ1) is 9.19. The summed E-state index contributed by atoms with van der Waals surface area (Å²) in [4.78, 5) is 1.32. The molecule has 1 atom stereocenters. The Morgan fingerprint density at radius 3 is 2.69 bits per heavy atom. The molecule has 1 aromatic heterocycles. The van der Waals surface area contributed by atoms with Crippen LogP contribution in [0.25, 0.3) is 0 Å². The molecule has 3 heteroatoms. The predicted octanol–water partition coefficient (Wildman–Crippen LogP) is 1.80. The Hall–Kier alpha value is -0.380. The summed E-state index contributed by atoms with van der Waals surface area (Å²) in [5.74, 6) is 0. The molecule has 4 N–H and O–H groups in total. The van der Waals surface area contributed by atoms with Crippen molar-refractivity contribution >= 4 is 11.3 Å². The quantitative estimate of drug-likeness (QED) is 0.774. The minimum Gasteiger partial charge on any atom is -0.330 e. The van der Waals surface area contributed by atoms with Crippen LogP contribution in [0.15, 0.2) is 11.4 Å². The second-order valence-corrected chi connectivity index (χ2v) is 4.96.